The van der Waals surface area contributed by atoms with E-state index in [4.69, 9.17) is 4.74 Å². The molecule has 1 aliphatic rings. The number of Topliss-reactive ketones (excluding diaryl/α,β-unsaturated/α-hetero) is 1. The Labute approximate surface area is 183 Å². The molecule has 0 saturated carbocycles. The van der Waals surface area contributed by atoms with Crippen LogP contribution in [0.5, 0.6) is 5.75 Å². The van der Waals surface area contributed by atoms with Crippen molar-refractivity contribution in [2.24, 2.45) is 0 Å². The number of carbonyl (C=O) groups is 2. The van der Waals surface area contributed by atoms with E-state index in [0.717, 1.165) is 18.5 Å². The van der Waals surface area contributed by atoms with Gasteiger partial charge in [0.05, 0.1) is 18.7 Å². The summed E-state index contributed by atoms with van der Waals surface area (Å²) in [6, 6.07) is 14.0. The number of hydrogen-bond acceptors (Lipinski definition) is 5. The Kier molecular flexibility index (Phi) is 7.13. The molecule has 1 saturated heterocycles. The van der Waals surface area contributed by atoms with Gasteiger partial charge in [0.1, 0.15) is 11.5 Å². The highest BCUT2D eigenvalue weighted by molar-refractivity contribution is 6.46. The van der Waals surface area contributed by atoms with E-state index in [9.17, 15) is 14.7 Å². The first-order chi connectivity index (χ1) is 14.9. The smallest absolute Gasteiger partial charge is 0.295 e. The van der Waals surface area contributed by atoms with E-state index in [0.29, 0.717) is 29.8 Å². The lowest BCUT2D eigenvalue weighted by molar-refractivity contribution is -0.140. The molecule has 1 fully saturated rings. The summed E-state index contributed by atoms with van der Waals surface area (Å²) in [5.74, 6) is -0.856. The number of amides is 1. The number of para-hydroxylation sites is 1. The van der Waals surface area contributed by atoms with Crippen molar-refractivity contribution in [3.05, 3.63) is 70.8 Å². The number of likely N-dealkylation sites (tertiary alicyclic amines) is 1. The van der Waals surface area contributed by atoms with Crippen LogP contribution in [0.3, 0.4) is 0 Å². The minimum absolute atomic E-state index is 0.101. The largest absolute Gasteiger partial charge is 0.507 e. The maximum absolute atomic E-state index is 13.1. The quantitative estimate of drug-likeness (QED) is 0.400. The second-order valence-electron chi connectivity index (χ2n) is 7.94. The van der Waals surface area contributed by atoms with Gasteiger partial charge in [-0.2, -0.15) is 0 Å². The van der Waals surface area contributed by atoms with Crippen molar-refractivity contribution in [2.45, 2.75) is 25.8 Å². The second-order valence-corrected chi connectivity index (χ2v) is 7.94. The molecule has 2 aromatic rings. The van der Waals surface area contributed by atoms with Crippen molar-refractivity contribution in [3.63, 3.8) is 0 Å². The molecule has 3 rings (SSSR count). The Hall–Kier alpha value is -3.12. The predicted molar refractivity (Wildman–Crippen MR) is 121 cm³/mol. The summed E-state index contributed by atoms with van der Waals surface area (Å²) >= 11 is 0. The first-order valence-electron chi connectivity index (χ1n) is 10.5. The van der Waals surface area contributed by atoms with E-state index in [1.54, 1.807) is 30.2 Å². The summed E-state index contributed by atoms with van der Waals surface area (Å²) in [4.78, 5) is 29.6. The molecule has 0 spiro atoms. The minimum atomic E-state index is -0.704. The number of benzene rings is 2. The predicted octanol–water partition coefficient (Wildman–Crippen LogP) is 3.63. The average molecular weight is 423 g/mol. The second kappa shape index (κ2) is 9.79. The van der Waals surface area contributed by atoms with Gasteiger partial charge in [-0.05, 0) is 45.1 Å². The summed E-state index contributed by atoms with van der Waals surface area (Å²) in [6.45, 7) is 3.23. The summed E-state index contributed by atoms with van der Waals surface area (Å²) in [5.41, 5.74) is 2.43. The monoisotopic (exact) mass is 422 g/mol. The Balaban J connectivity index is 2.12. The van der Waals surface area contributed by atoms with Gasteiger partial charge in [-0.25, -0.2) is 0 Å². The number of carbonyl (C=O) groups excluding carboxylic acids is 2. The average Bonchev–Trinajstić information content (AvgIpc) is 3.03. The number of methoxy groups -OCH3 is 1. The SMILES string of the molecule is CCc1ccc(/C(O)=C2/C(=O)C(=O)N(CCCN(C)C)C2c2ccccc2OC)cc1. The summed E-state index contributed by atoms with van der Waals surface area (Å²) in [6.07, 6.45) is 1.58. The third-order valence-electron chi connectivity index (χ3n) is 5.61. The molecule has 1 atom stereocenters. The van der Waals surface area contributed by atoms with E-state index < -0.39 is 17.7 Å². The zero-order valence-corrected chi connectivity index (χ0v) is 18.6. The molecule has 0 aromatic heterocycles. The standard InChI is InChI=1S/C25H30N2O4/c1-5-17-11-13-18(14-12-17)23(28)21-22(19-9-6-7-10-20(19)31-4)27(25(30)24(21)29)16-8-15-26(2)3/h6-7,9-14,22,28H,5,8,15-16H2,1-4H3/b23-21-. The van der Waals surface area contributed by atoms with Gasteiger partial charge in [-0.1, -0.05) is 49.4 Å². The summed E-state index contributed by atoms with van der Waals surface area (Å²) in [5, 5.41) is 11.1. The lowest BCUT2D eigenvalue weighted by Crippen LogP contribution is -2.32. The Morgan fingerprint density at radius 1 is 1.10 bits per heavy atom. The van der Waals surface area contributed by atoms with Gasteiger partial charge in [0.2, 0.25) is 0 Å². The summed E-state index contributed by atoms with van der Waals surface area (Å²) < 4.78 is 5.52. The van der Waals surface area contributed by atoms with Crippen molar-refractivity contribution >= 4 is 17.4 Å². The zero-order chi connectivity index (χ0) is 22.5. The van der Waals surface area contributed by atoms with Crippen molar-refractivity contribution in [1.82, 2.24) is 9.80 Å². The van der Waals surface area contributed by atoms with Gasteiger partial charge in [0.25, 0.3) is 11.7 Å². The molecular formula is C25H30N2O4. The normalized spacial score (nSPS) is 18.1. The number of ketones is 1. The topological polar surface area (TPSA) is 70.1 Å². The number of aryl methyl sites for hydroxylation is 1. The van der Waals surface area contributed by atoms with Crippen LogP contribution in [0, 0.1) is 0 Å². The first kappa shape index (κ1) is 22.6. The first-order valence-corrected chi connectivity index (χ1v) is 10.5. The lowest BCUT2D eigenvalue weighted by Gasteiger charge is -2.27. The highest BCUT2D eigenvalue weighted by atomic mass is 16.5. The molecular weight excluding hydrogens is 392 g/mol. The van der Waals surface area contributed by atoms with E-state index in [1.165, 1.54) is 0 Å². The molecule has 1 aliphatic heterocycles. The zero-order valence-electron chi connectivity index (χ0n) is 18.6. The minimum Gasteiger partial charge on any atom is -0.507 e. The molecule has 1 unspecified atom stereocenters. The van der Waals surface area contributed by atoms with Gasteiger partial charge in [-0.15, -0.1) is 0 Å². The van der Waals surface area contributed by atoms with Gasteiger partial charge in [0.15, 0.2) is 0 Å². The fourth-order valence-corrected chi connectivity index (χ4v) is 3.94. The molecule has 1 heterocycles. The third kappa shape index (κ3) is 4.64. The highest BCUT2D eigenvalue weighted by Crippen LogP contribution is 2.42. The molecule has 6 nitrogen and oxygen atoms in total. The van der Waals surface area contributed by atoms with Crippen LogP contribution in [0.25, 0.3) is 5.76 Å². The van der Waals surface area contributed by atoms with Crippen LogP contribution in [0.1, 0.15) is 36.1 Å². The third-order valence-corrected chi connectivity index (χ3v) is 5.61. The Morgan fingerprint density at radius 3 is 2.39 bits per heavy atom. The Morgan fingerprint density at radius 2 is 1.77 bits per heavy atom. The van der Waals surface area contributed by atoms with E-state index >= 15 is 0 Å². The molecule has 0 aliphatic carbocycles. The number of rotatable bonds is 8. The van der Waals surface area contributed by atoms with Crippen LogP contribution < -0.4 is 4.74 Å². The van der Waals surface area contributed by atoms with Crippen molar-refractivity contribution in [3.8, 4) is 5.75 Å². The van der Waals surface area contributed by atoms with Crippen molar-refractivity contribution < 1.29 is 19.4 Å². The fraction of sp³-hybridized carbons (Fsp3) is 0.360. The van der Waals surface area contributed by atoms with Gasteiger partial charge < -0.3 is 19.6 Å². The molecule has 1 amide bonds. The molecule has 0 bridgehead atoms. The van der Waals surface area contributed by atoms with Gasteiger partial charge in [0, 0.05) is 17.7 Å². The lowest BCUT2D eigenvalue weighted by atomic mass is 9.94. The number of aliphatic hydroxyl groups excluding tert-OH is 1. The number of aliphatic hydroxyl groups is 1. The Bertz CT molecular complexity index is 979. The van der Waals surface area contributed by atoms with E-state index in [-0.39, 0.29) is 11.3 Å². The number of hydrogen-bond donors (Lipinski definition) is 1. The number of ether oxygens (including phenoxy) is 1. The molecule has 164 valence electrons. The van der Waals surface area contributed by atoms with Crippen molar-refractivity contribution in [1.29, 1.82) is 0 Å². The molecule has 1 N–H and O–H groups in total. The van der Waals surface area contributed by atoms with Crippen LogP contribution in [-0.2, 0) is 16.0 Å². The van der Waals surface area contributed by atoms with Gasteiger partial charge in [-0.3, -0.25) is 9.59 Å². The van der Waals surface area contributed by atoms with Crippen LogP contribution in [-0.4, -0.2) is 60.9 Å². The maximum atomic E-state index is 13.1. The number of nitrogens with zero attached hydrogens (tertiary/aromatic N) is 2. The molecule has 0 radical (unpaired) electrons. The van der Waals surface area contributed by atoms with Crippen LogP contribution in [0.2, 0.25) is 0 Å². The van der Waals surface area contributed by atoms with Crippen LogP contribution >= 0.6 is 0 Å². The fourth-order valence-electron chi connectivity index (χ4n) is 3.94. The van der Waals surface area contributed by atoms with Crippen LogP contribution in [0.15, 0.2) is 54.1 Å². The maximum Gasteiger partial charge on any atom is 0.295 e. The van der Waals surface area contributed by atoms with E-state index in [1.807, 2.05) is 49.3 Å². The van der Waals surface area contributed by atoms with Crippen molar-refractivity contribution in [2.75, 3.05) is 34.3 Å². The van der Waals surface area contributed by atoms with Crippen LogP contribution in [0.4, 0.5) is 0 Å². The molecule has 2 aromatic carbocycles. The summed E-state index contributed by atoms with van der Waals surface area (Å²) in [7, 11) is 5.48. The van der Waals surface area contributed by atoms with Gasteiger partial charge >= 0.3 is 0 Å². The van der Waals surface area contributed by atoms with E-state index in [2.05, 4.69) is 6.92 Å². The molecule has 31 heavy (non-hydrogen) atoms. The molecule has 6 heteroatoms. The highest BCUT2D eigenvalue weighted by Gasteiger charge is 2.46.